The zero-order chi connectivity index (χ0) is 17.9. The molecule has 2 amide bonds. The van der Waals surface area contributed by atoms with Crippen molar-refractivity contribution < 1.29 is 9.59 Å². The number of benzene rings is 1. The predicted octanol–water partition coefficient (Wildman–Crippen LogP) is 3.00. The van der Waals surface area contributed by atoms with Crippen LogP contribution in [0.5, 0.6) is 0 Å². The normalized spacial score (nSPS) is 37.5. The third-order valence-corrected chi connectivity index (χ3v) is 7.50. The van der Waals surface area contributed by atoms with E-state index in [0.717, 1.165) is 35.3 Å². The number of fused-ring (bicyclic) bond motifs is 1. The van der Waals surface area contributed by atoms with Crippen molar-refractivity contribution in [3.8, 4) is 0 Å². The second-order valence-corrected chi connectivity index (χ2v) is 9.36. The Bertz CT molecular complexity index is 721. The fourth-order valence-electron chi connectivity index (χ4n) is 7.00. The highest BCUT2D eigenvalue weighted by molar-refractivity contribution is 5.88. The van der Waals surface area contributed by atoms with Crippen LogP contribution in [0.3, 0.4) is 0 Å². The van der Waals surface area contributed by atoms with Gasteiger partial charge in [0.05, 0.1) is 0 Å². The number of nitrogens with two attached hydrogens (primary N) is 1. The van der Waals surface area contributed by atoms with Crippen LogP contribution in [0.15, 0.2) is 18.2 Å². The number of carbonyl (C=O) groups is 2. The van der Waals surface area contributed by atoms with E-state index in [2.05, 4.69) is 6.07 Å². The lowest BCUT2D eigenvalue weighted by Gasteiger charge is -2.57. The highest BCUT2D eigenvalue weighted by Crippen LogP contribution is 2.61. The van der Waals surface area contributed by atoms with Gasteiger partial charge in [-0.3, -0.25) is 9.59 Å². The van der Waals surface area contributed by atoms with Gasteiger partial charge >= 0.3 is 0 Å². The second kappa shape index (κ2) is 5.83. The number of hydrogen-bond acceptors (Lipinski definition) is 2. The molecule has 26 heavy (non-hydrogen) atoms. The first-order valence-electron chi connectivity index (χ1n) is 10.1. The Morgan fingerprint density at radius 3 is 2.42 bits per heavy atom. The van der Waals surface area contributed by atoms with Gasteiger partial charge in [-0.1, -0.05) is 18.2 Å². The van der Waals surface area contributed by atoms with E-state index in [1.54, 1.807) is 4.90 Å². The summed E-state index contributed by atoms with van der Waals surface area (Å²) >= 11 is 0. The van der Waals surface area contributed by atoms with Crippen LogP contribution >= 0.6 is 0 Å². The molecule has 4 bridgehead atoms. The third kappa shape index (κ3) is 2.57. The molecule has 1 aromatic carbocycles. The van der Waals surface area contributed by atoms with E-state index >= 15 is 0 Å². The Morgan fingerprint density at radius 1 is 1.15 bits per heavy atom. The van der Waals surface area contributed by atoms with Crippen LogP contribution < -0.4 is 5.73 Å². The monoisotopic (exact) mass is 351 g/mol. The Balaban J connectivity index is 1.39. The fourth-order valence-corrected chi connectivity index (χ4v) is 7.00. The van der Waals surface area contributed by atoms with Gasteiger partial charge in [-0.15, -0.1) is 0 Å². The summed E-state index contributed by atoms with van der Waals surface area (Å²) in [7, 11) is 0. The second-order valence-electron chi connectivity index (χ2n) is 9.36. The minimum atomic E-state index is -0.616. The number of hydrogen-bond donors (Lipinski definition) is 1. The Morgan fingerprint density at radius 2 is 1.81 bits per heavy atom. The quantitative estimate of drug-likeness (QED) is 0.910. The Kier molecular flexibility index (Phi) is 3.67. The van der Waals surface area contributed by atoms with Crippen LogP contribution in [0, 0.1) is 29.2 Å². The average molecular weight is 351 g/mol. The molecular weight excluding hydrogens is 324 g/mol. The van der Waals surface area contributed by atoms with Gasteiger partial charge in [0, 0.05) is 13.0 Å². The van der Waals surface area contributed by atoms with E-state index in [-0.39, 0.29) is 11.3 Å². The molecule has 1 aromatic rings. The van der Waals surface area contributed by atoms with Crippen molar-refractivity contribution in [3.63, 3.8) is 0 Å². The zero-order valence-corrected chi connectivity index (χ0v) is 15.2. The number of carbonyl (C=O) groups excluding carboxylic acids is 2. The molecule has 6 rings (SSSR count). The lowest BCUT2D eigenvalue weighted by molar-refractivity contribution is -0.146. The van der Waals surface area contributed by atoms with E-state index in [1.807, 2.05) is 18.2 Å². The van der Waals surface area contributed by atoms with Gasteiger partial charge in [0.1, 0.15) is 6.04 Å². The molecule has 137 valence electrons. The molecule has 1 aliphatic heterocycles. The maximum atomic E-state index is 13.3. The van der Waals surface area contributed by atoms with Gasteiger partial charge in [0.2, 0.25) is 11.8 Å². The van der Waals surface area contributed by atoms with Crippen molar-refractivity contribution in [1.82, 2.24) is 4.90 Å². The largest absolute Gasteiger partial charge is 0.368 e. The third-order valence-electron chi connectivity index (χ3n) is 7.50. The molecule has 1 heterocycles. The van der Waals surface area contributed by atoms with Crippen molar-refractivity contribution in [2.75, 3.05) is 6.54 Å². The molecule has 1 unspecified atom stereocenters. The van der Waals surface area contributed by atoms with E-state index in [9.17, 15) is 9.59 Å². The topological polar surface area (TPSA) is 63.4 Å². The van der Waals surface area contributed by atoms with E-state index < -0.39 is 11.9 Å². The van der Waals surface area contributed by atoms with Gasteiger partial charge in [0.25, 0.3) is 0 Å². The smallest absolute Gasteiger partial charge is 0.244 e. The molecule has 5 aliphatic rings. The molecule has 4 saturated carbocycles. The summed E-state index contributed by atoms with van der Waals surface area (Å²) < 4.78 is 0. The van der Waals surface area contributed by atoms with Gasteiger partial charge in [-0.05, 0) is 85.3 Å². The van der Waals surface area contributed by atoms with Crippen molar-refractivity contribution >= 4 is 11.8 Å². The molecular formula is C22H27N2O2. The summed E-state index contributed by atoms with van der Waals surface area (Å²) in [6, 6.07) is 8.08. The first kappa shape index (κ1) is 16.3. The van der Waals surface area contributed by atoms with Crippen LogP contribution in [0.1, 0.15) is 62.1 Å². The first-order chi connectivity index (χ1) is 12.5. The fraction of sp³-hybridized carbons (Fsp3) is 0.636. The molecule has 2 N–H and O–H groups in total. The van der Waals surface area contributed by atoms with Crippen LogP contribution in [-0.2, 0) is 16.0 Å². The average Bonchev–Trinajstić information content (AvgIpc) is 2.58. The van der Waals surface area contributed by atoms with Crippen LogP contribution in [-0.4, -0.2) is 23.3 Å². The highest BCUT2D eigenvalue weighted by atomic mass is 16.2. The molecule has 1 radical (unpaired) electrons. The maximum absolute atomic E-state index is 13.3. The molecule has 1 atom stereocenters. The number of rotatable bonds is 3. The van der Waals surface area contributed by atoms with Crippen molar-refractivity contribution in [3.05, 3.63) is 35.4 Å². The highest BCUT2D eigenvalue weighted by Gasteiger charge is 2.52. The lowest BCUT2D eigenvalue weighted by atomic mass is 9.49. The van der Waals surface area contributed by atoms with Crippen LogP contribution in [0.4, 0.5) is 0 Å². The molecule has 0 saturated heterocycles. The minimum absolute atomic E-state index is 0.134. The summed E-state index contributed by atoms with van der Waals surface area (Å²) in [5.41, 5.74) is 7.90. The summed E-state index contributed by atoms with van der Waals surface area (Å²) in [4.78, 5) is 27.3. The molecule has 0 spiro atoms. The summed E-state index contributed by atoms with van der Waals surface area (Å²) in [5, 5.41) is 0. The molecule has 4 aliphatic carbocycles. The standard InChI is InChI=1S/C22H27N2O2/c23-21(26)20-18-4-2-1-3-17(18)5-6-24(20)19(25)13-22-10-14-7-15(11-22)9-16(8-14)12-22/h2-4,14-16,20H,5-13H2,(H2,23,26). The minimum Gasteiger partial charge on any atom is -0.368 e. The molecule has 4 fully saturated rings. The first-order valence-corrected chi connectivity index (χ1v) is 10.1. The zero-order valence-electron chi connectivity index (χ0n) is 15.2. The number of amides is 2. The Labute approximate surface area is 155 Å². The van der Waals surface area contributed by atoms with Crippen LogP contribution in [0.2, 0.25) is 0 Å². The number of primary amides is 1. The lowest BCUT2D eigenvalue weighted by Crippen LogP contribution is -2.51. The summed E-state index contributed by atoms with van der Waals surface area (Å²) in [6.07, 6.45) is 9.17. The maximum Gasteiger partial charge on any atom is 0.244 e. The summed E-state index contributed by atoms with van der Waals surface area (Å²) in [5.74, 6) is 2.21. The van der Waals surface area contributed by atoms with Crippen molar-refractivity contribution in [2.45, 2.75) is 57.4 Å². The number of nitrogens with zero attached hydrogens (tertiary/aromatic N) is 1. The molecule has 4 heteroatoms. The van der Waals surface area contributed by atoms with Gasteiger partial charge in [-0.25, -0.2) is 0 Å². The van der Waals surface area contributed by atoms with Gasteiger partial charge in [-0.2, -0.15) is 0 Å². The molecule has 0 aromatic heterocycles. The van der Waals surface area contributed by atoms with Gasteiger partial charge < -0.3 is 10.6 Å². The predicted molar refractivity (Wildman–Crippen MR) is 97.9 cm³/mol. The van der Waals surface area contributed by atoms with Crippen LogP contribution in [0.25, 0.3) is 0 Å². The van der Waals surface area contributed by atoms with E-state index in [0.29, 0.717) is 13.0 Å². The van der Waals surface area contributed by atoms with Crippen molar-refractivity contribution in [1.29, 1.82) is 0 Å². The summed E-state index contributed by atoms with van der Waals surface area (Å²) in [6.45, 7) is 0.587. The molecule has 4 nitrogen and oxygen atoms in total. The SMILES string of the molecule is NC(=O)C1c2cc[c]cc2CCN1C(=O)CC12CC3CC(CC(C3)C1)C2. The Hall–Kier alpha value is -1.84. The van der Waals surface area contributed by atoms with E-state index in [1.165, 1.54) is 38.5 Å². The van der Waals surface area contributed by atoms with Gasteiger partial charge in [0.15, 0.2) is 0 Å². The van der Waals surface area contributed by atoms with E-state index in [4.69, 9.17) is 5.73 Å². The van der Waals surface area contributed by atoms with Crippen molar-refractivity contribution in [2.24, 2.45) is 28.9 Å².